The van der Waals surface area contributed by atoms with Crippen molar-refractivity contribution in [2.75, 3.05) is 0 Å². The fourth-order valence-electron chi connectivity index (χ4n) is 2.11. The Kier molecular flexibility index (Phi) is 14.6. The van der Waals surface area contributed by atoms with E-state index in [4.69, 9.17) is 0 Å². The Labute approximate surface area is 250 Å². The van der Waals surface area contributed by atoms with Gasteiger partial charge < -0.3 is 15.4 Å². The van der Waals surface area contributed by atoms with E-state index in [1.807, 2.05) is 0 Å². The molecule has 44 heavy (non-hydrogen) atoms. The van der Waals surface area contributed by atoms with Gasteiger partial charge in [0, 0.05) is 75.3 Å². The molecule has 0 aliphatic carbocycles. The van der Waals surface area contributed by atoms with E-state index >= 15 is 0 Å². The molecule has 0 spiro atoms. The Hall–Kier alpha value is -3.23. The van der Waals surface area contributed by atoms with E-state index in [2.05, 4.69) is 0 Å². The summed E-state index contributed by atoms with van der Waals surface area (Å²) in [5, 5.41) is 31.8. The number of carbonyl (C=O) groups excluding carboxylic acids is 2. The zero-order valence-electron chi connectivity index (χ0n) is 23.3. The summed E-state index contributed by atoms with van der Waals surface area (Å²) in [6.45, 7) is 11.6. The summed E-state index contributed by atoms with van der Waals surface area (Å²) in [5.74, 6) is -11.7. The molecule has 10 nitrogen and oxygen atoms in total. The number of ketones is 2. The summed E-state index contributed by atoms with van der Waals surface area (Å²) in [6, 6.07) is 0. The molecule has 1 rings (SSSR count). The Bertz CT molecular complexity index is 1150. The van der Waals surface area contributed by atoms with Crippen LogP contribution in [0.15, 0.2) is 23.7 Å². The van der Waals surface area contributed by atoms with Crippen molar-refractivity contribution in [2.24, 2.45) is 0 Å². The smallest absolute Gasteiger partial charge is 0.795 e. The summed E-state index contributed by atoms with van der Waals surface area (Å²) >= 11 is 0. The first-order valence-corrected chi connectivity index (χ1v) is 10.9. The SMILES string of the molecule is CC(C)(C)[N+](=O)C1=[N+]([O-])C(C)(C)C(C)(C)[N+]1=O.O=C(/C=C(\[O-])C(F)(F)F)C(F)(F)F.O=C(/C=C(\[O-])C(F)(F)F)C(F)(F)F.[Mn]. The average Bonchev–Trinajstić information content (AvgIpc) is 2.87. The Morgan fingerprint density at radius 2 is 0.955 bits per heavy atom. The van der Waals surface area contributed by atoms with Crippen LogP contribution in [0.2, 0.25) is 0 Å². The fraction of sp³-hybridized carbons (Fsp3) is 0.667. The second-order valence-electron chi connectivity index (χ2n) is 10.2. The molecular formula is C21H23F12MnN3O7. The van der Waals surface area contributed by atoms with Crippen LogP contribution >= 0.6 is 0 Å². The van der Waals surface area contributed by atoms with Gasteiger partial charge in [-0.05, 0) is 23.7 Å². The molecule has 1 aliphatic heterocycles. The third-order valence-corrected chi connectivity index (χ3v) is 5.31. The number of nitroso groups, excluding NO2 is 2. The summed E-state index contributed by atoms with van der Waals surface area (Å²) in [6.07, 6.45) is -23.9. The number of carbonyl (C=O) groups is 2. The van der Waals surface area contributed by atoms with E-state index < -0.39 is 76.6 Å². The minimum atomic E-state index is -5.46. The maximum Gasteiger partial charge on any atom is 0.795 e. The van der Waals surface area contributed by atoms with Crippen LogP contribution in [0.25, 0.3) is 0 Å². The van der Waals surface area contributed by atoms with E-state index in [1.54, 1.807) is 48.5 Å². The Morgan fingerprint density at radius 3 is 1.11 bits per heavy atom. The van der Waals surface area contributed by atoms with Crippen LogP contribution < -0.4 is 10.2 Å². The fourth-order valence-corrected chi connectivity index (χ4v) is 2.11. The molecular weight excluding hydrogens is 689 g/mol. The quantitative estimate of drug-likeness (QED) is 0.106. The maximum absolute atomic E-state index is 12.1. The first kappa shape index (κ1) is 45.2. The number of alkyl halides is 12. The second kappa shape index (κ2) is 14.2. The van der Waals surface area contributed by atoms with Gasteiger partial charge >= 0.3 is 30.7 Å². The van der Waals surface area contributed by atoms with Crippen LogP contribution in [-0.2, 0) is 26.7 Å². The van der Waals surface area contributed by atoms with Crippen molar-refractivity contribution in [3.63, 3.8) is 0 Å². The molecule has 0 aromatic carbocycles. The number of rotatable bonds is 2. The standard InChI is InChI=1S/C11H21N3O3.2C5H2F6O2.Mn/c1-9(2,3)12(15)8-13(16)10(4,5)11(6,7)14(8)17;2*6-4(7,8)2(12)1-3(13)5(9,10)11;/h1-7H3;2*1,12H;/q+2;;;/p-2/b;2*2-1-;. The first-order valence-electron chi connectivity index (χ1n) is 10.9. The maximum atomic E-state index is 12.1. The molecule has 0 N–H and O–H groups in total. The number of nitrogens with zero attached hydrogens (tertiary/aromatic N) is 3. The summed E-state index contributed by atoms with van der Waals surface area (Å²) < 4.78 is 137. The second-order valence-corrected chi connectivity index (χ2v) is 10.2. The predicted molar refractivity (Wildman–Crippen MR) is 114 cm³/mol. The number of allylic oxidation sites excluding steroid dienone is 4. The molecule has 0 unspecified atom stereocenters. The van der Waals surface area contributed by atoms with Crippen LogP contribution in [0.5, 0.6) is 0 Å². The van der Waals surface area contributed by atoms with Gasteiger partial charge in [-0.3, -0.25) is 9.59 Å². The number of halogens is 12. The van der Waals surface area contributed by atoms with Crippen LogP contribution in [0.3, 0.4) is 0 Å². The summed E-state index contributed by atoms with van der Waals surface area (Å²) in [4.78, 5) is 43.8. The number of hydroxylamine groups is 1. The van der Waals surface area contributed by atoms with E-state index in [0.717, 1.165) is 0 Å². The largest absolute Gasteiger partial charge is 0.869 e. The van der Waals surface area contributed by atoms with Crippen molar-refractivity contribution < 1.29 is 104 Å². The third-order valence-electron chi connectivity index (χ3n) is 5.31. The third kappa shape index (κ3) is 12.0. The average molecular weight is 712 g/mol. The number of hydrogen-bond acceptors (Lipinski definition) is 7. The van der Waals surface area contributed by atoms with E-state index in [0.29, 0.717) is 14.3 Å². The van der Waals surface area contributed by atoms with Gasteiger partial charge in [-0.2, -0.15) is 52.7 Å². The minimum Gasteiger partial charge on any atom is -0.869 e. The van der Waals surface area contributed by atoms with Crippen LogP contribution in [0.4, 0.5) is 52.7 Å². The molecule has 0 saturated heterocycles. The zero-order valence-corrected chi connectivity index (χ0v) is 24.4. The van der Waals surface area contributed by atoms with Gasteiger partial charge in [-0.25, -0.2) is 0 Å². The minimum absolute atomic E-state index is 0. The molecule has 1 radical (unpaired) electrons. The van der Waals surface area contributed by atoms with Crippen molar-refractivity contribution in [1.29, 1.82) is 0 Å². The molecule has 0 amide bonds. The first-order chi connectivity index (χ1) is 18.4. The van der Waals surface area contributed by atoms with Gasteiger partial charge in [0.2, 0.25) is 11.1 Å². The van der Waals surface area contributed by atoms with E-state index in [1.165, 1.54) is 0 Å². The van der Waals surface area contributed by atoms with E-state index in [-0.39, 0.29) is 23.0 Å². The molecule has 0 aromatic rings. The van der Waals surface area contributed by atoms with Crippen LogP contribution in [0, 0.1) is 15.0 Å². The molecule has 0 atom stereocenters. The summed E-state index contributed by atoms with van der Waals surface area (Å²) in [5.41, 5.74) is -2.72. The molecule has 23 heteroatoms. The molecule has 1 heterocycles. The van der Waals surface area contributed by atoms with Crippen molar-refractivity contribution >= 4 is 17.5 Å². The zero-order chi connectivity index (χ0) is 35.5. The van der Waals surface area contributed by atoms with Gasteiger partial charge in [0.05, 0.1) is 0 Å². The number of hydrogen-bond donors (Lipinski definition) is 0. The molecule has 0 fully saturated rings. The van der Waals surface area contributed by atoms with Crippen molar-refractivity contribution in [3.8, 4) is 0 Å². The van der Waals surface area contributed by atoms with E-state index in [9.17, 15) is 87.5 Å². The molecule has 255 valence electrons. The predicted octanol–water partition coefficient (Wildman–Crippen LogP) is 3.63. The molecule has 1 aliphatic rings. The van der Waals surface area contributed by atoms with Gasteiger partial charge in [-0.1, -0.05) is 4.74 Å². The van der Waals surface area contributed by atoms with Crippen molar-refractivity contribution in [3.05, 3.63) is 38.7 Å². The van der Waals surface area contributed by atoms with Gasteiger partial charge in [-0.15, -0.1) is 0 Å². The van der Waals surface area contributed by atoms with Crippen molar-refractivity contribution in [1.82, 2.24) is 0 Å². The summed E-state index contributed by atoms with van der Waals surface area (Å²) in [7, 11) is 0. The molecule has 0 aromatic heterocycles. The van der Waals surface area contributed by atoms with Gasteiger partial charge in [0.25, 0.3) is 17.1 Å². The number of guanidine groups is 1. The molecule has 0 saturated carbocycles. The Balaban J connectivity index is -0.000000576. The molecule has 0 bridgehead atoms. The topological polar surface area (TPSA) is 146 Å². The van der Waals surface area contributed by atoms with Crippen molar-refractivity contribution in [2.45, 2.75) is 89.8 Å². The Morgan fingerprint density at radius 1 is 0.682 bits per heavy atom. The monoisotopic (exact) mass is 712 g/mol. The van der Waals surface area contributed by atoms with Gasteiger partial charge in [0.1, 0.15) is 0 Å². The van der Waals surface area contributed by atoms with Gasteiger partial charge in [0.15, 0.2) is 9.52 Å². The van der Waals surface area contributed by atoms with Crippen LogP contribution in [0.1, 0.15) is 48.5 Å². The van der Waals surface area contributed by atoms with Crippen LogP contribution in [-0.4, -0.2) is 73.1 Å². The normalized spacial score (nSPS) is 17.5.